The summed E-state index contributed by atoms with van der Waals surface area (Å²) >= 11 is 0. The molecule has 3 aromatic rings. The van der Waals surface area contributed by atoms with E-state index in [2.05, 4.69) is 13.0 Å². The van der Waals surface area contributed by atoms with Crippen LogP contribution in [0.25, 0.3) is 27.8 Å². The van der Waals surface area contributed by atoms with Gasteiger partial charge in [0.2, 0.25) is 0 Å². The van der Waals surface area contributed by atoms with Gasteiger partial charge in [0.25, 0.3) is 0 Å². The van der Waals surface area contributed by atoms with Gasteiger partial charge in [-0.25, -0.2) is 17.6 Å². The van der Waals surface area contributed by atoms with E-state index in [-0.39, 0.29) is 16.7 Å². The fraction of sp³-hybridized carbons (Fsp3) is 0.389. The Morgan fingerprint density at radius 2 is 1.25 bits per heavy atom. The standard InChI is InChI=1S/C36H38F4/c1-3-5-6-29-19-20-30(34(38)33(29)37)27-15-17-28(18-16-27)32-22-21-31(35(39)36(32)40)26-13-11-25(12-14-26)24-9-7-23(4-2)8-10-24/h3,5,13,15-25H,4,6-12,14H2,1-2H3/b5-3-. The highest BCUT2D eigenvalue weighted by Gasteiger charge is 2.29. The minimum atomic E-state index is -0.909. The third kappa shape index (κ3) is 5.82. The van der Waals surface area contributed by atoms with E-state index < -0.39 is 23.3 Å². The van der Waals surface area contributed by atoms with Crippen LogP contribution >= 0.6 is 0 Å². The molecule has 0 radical (unpaired) electrons. The molecule has 2 aliphatic carbocycles. The summed E-state index contributed by atoms with van der Waals surface area (Å²) in [4.78, 5) is 0. The van der Waals surface area contributed by atoms with Crippen molar-refractivity contribution < 1.29 is 17.6 Å². The molecular weight excluding hydrogens is 508 g/mol. The van der Waals surface area contributed by atoms with Crippen molar-refractivity contribution in [2.45, 2.75) is 71.6 Å². The Morgan fingerprint density at radius 1 is 0.675 bits per heavy atom. The van der Waals surface area contributed by atoms with Crippen LogP contribution in [0.5, 0.6) is 0 Å². The van der Waals surface area contributed by atoms with E-state index in [1.165, 1.54) is 32.1 Å². The first kappa shape index (κ1) is 28.4. The SMILES string of the molecule is C/C=C\Cc1ccc(-c2ccc(-c3ccc(C4=CCC(C5CCC(CC)CC5)CC4)c(F)c3F)cc2)c(F)c1F. The molecule has 0 heterocycles. The molecule has 0 aliphatic heterocycles. The third-order valence-electron chi connectivity index (χ3n) is 9.26. The van der Waals surface area contributed by atoms with Crippen LogP contribution in [0.15, 0.2) is 66.8 Å². The maximum Gasteiger partial charge on any atom is 0.167 e. The van der Waals surface area contributed by atoms with Crippen LogP contribution < -0.4 is 0 Å². The molecule has 5 rings (SSSR count). The molecule has 0 aromatic heterocycles. The average Bonchev–Trinajstić information content (AvgIpc) is 3.00. The summed E-state index contributed by atoms with van der Waals surface area (Å²) in [6.45, 7) is 4.11. The molecule has 0 saturated heterocycles. The second kappa shape index (κ2) is 12.6. The van der Waals surface area contributed by atoms with Crippen molar-refractivity contribution in [3.63, 3.8) is 0 Å². The number of rotatable bonds is 7. The van der Waals surface area contributed by atoms with E-state index in [0.29, 0.717) is 29.0 Å². The van der Waals surface area contributed by atoms with Crippen LogP contribution in [0.3, 0.4) is 0 Å². The number of allylic oxidation sites excluding steroid dienone is 4. The highest BCUT2D eigenvalue weighted by molar-refractivity contribution is 5.74. The normalized spacial score (nSPS) is 21.6. The van der Waals surface area contributed by atoms with E-state index in [0.717, 1.165) is 36.7 Å². The van der Waals surface area contributed by atoms with Gasteiger partial charge in [0, 0.05) is 16.7 Å². The van der Waals surface area contributed by atoms with Crippen molar-refractivity contribution in [2.24, 2.45) is 17.8 Å². The number of hydrogen-bond donors (Lipinski definition) is 0. The van der Waals surface area contributed by atoms with Gasteiger partial charge in [-0.15, -0.1) is 0 Å². The van der Waals surface area contributed by atoms with Crippen LogP contribution in [0.2, 0.25) is 0 Å². The Balaban J connectivity index is 1.31. The highest BCUT2D eigenvalue weighted by atomic mass is 19.2. The van der Waals surface area contributed by atoms with Crippen molar-refractivity contribution >= 4 is 5.57 Å². The van der Waals surface area contributed by atoms with Crippen LogP contribution in [-0.2, 0) is 6.42 Å². The molecule has 1 unspecified atom stereocenters. The molecular formula is C36H38F4. The lowest BCUT2D eigenvalue weighted by Crippen LogP contribution is -2.23. The van der Waals surface area contributed by atoms with Crippen molar-refractivity contribution in [1.82, 2.24) is 0 Å². The third-order valence-corrected chi connectivity index (χ3v) is 9.26. The molecule has 0 N–H and O–H groups in total. The van der Waals surface area contributed by atoms with Crippen molar-refractivity contribution in [3.05, 3.63) is 101 Å². The van der Waals surface area contributed by atoms with Crippen molar-refractivity contribution in [1.29, 1.82) is 0 Å². The Morgan fingerprint density at radius 3 is 1.82 bits per heavy atom. The summed E-state index contributed by atoms with van der Waals surface area (Å²) in [5, 5.41) is 0. The largest absolute Gasteiger partial charge is 0.203 e. The summed E-state index contributed by atoms with van der Waals surface area (Å²) < 4.78 is 60.0. The molecule has 4 heteroatoms. The van der Waals surface area contributed by atoms with Gasteiger partial charge in [0.15, 0.2) is 23.3 Å². The molecule has 0 amide bonds. The first-order valence-corrected chi connectivity index (χ1v) is 14.8. The van der Waals surface area contributed by atoms with Gasteiger partial charge in [0.05, 0.1) is 0 Å². The molecule has 2 aliphatic rings. The van der Waals surface area contributed by atoms with Crippen molar-refractivity contribution in [2.75, 3.05) is 0 Å². The highest BCUT2D eigenvalue weighted by Crippen LogP contribution is 2.42. The van der Waals surface area contributed by atoms with Gasteiger partial charge in [0.1, 0.15) is 0 Å². The molecule has 1 atom stereocenters. The fourth-order valence-corrected chi connectivity index (χ4v) is 6.66. The zero-order chi connectivity index (χ0) is 28.2. The molecule has 210 valence electrons. The topological polar surface area (TPSA) is 0 Å². The van der Waals surface area contributed by atoms with Gasteiger partial charge in [-0.05, 0) is 85.5 Å². The Bertz CT molecular complexity index is 1390. The van der Waals surface area contributed by atoms with Crippen LogP contribution in [-0.4, -0.2) is 0 Å². The van der Waals surface area contributed by atoms with Crippen LogP contribution in [0, 0.1) is 41.0 Å². The number of benzene rings is 3. The lowest BCUT2D eigenvalue weighted by Gasteiger charge is -2.35. The van der Waals surface area contributed by atoms with E-state index in [1.54, 1.807) is 60.7 Å². The van der Waals surface area contributed by atoms with E-state index in [1.807, 2.05) is 6.92 Å². The molecule has 0 spiro atoms. The summed E-state index contributed by atoms with van der Waals surface area (Å²) in [6.07, 6.45) is 15.3. The summed E-state index contributed by atoms with van der Waals surface area (Å²) in [5.41, 5.74) is 2.78. The molecule has 40 heavy (non-hydrogen) atoms. The zero-order valence-corrected chi connectivity index (χ0v) is 23.5. The maximum atomic E-state index is 15.3. The average molecular weight is 547 g/mol. The second-order valence-electron chi connectivity index (χ2n) is 11.5. The first-order valence-electron chi connectivity index (χ1n) is 14.8. The van der Waals surface area contributed by atoms with Crippen molar-refractivity contribution in [3.8, 4) is 22.3 Å². The molecule has 3 aromatic carbocycles. The van der Waals surface area contributed by atoms with Gasteiger partial charge >= 0.3 is 0 Å². The maximum absolute atomic E-state index is 15.3. The minimum absolute atomic E-state index is 0.135. The quantitative estimate of drug-likeness (QED) is 0.204. The summed E-state index contributed by atoms with van der Waals surface area (Å²) in [7, 11) is 0. The van der Waals surface area contributed by atoms with Gasteiger partial charge in [-0.2, -0.15) is 0 Å². The van der Waals surface area contributed by atoms with E-state index in [9.17, 15) is 8.78 Å². The summed E-state index contributed by atoms with van der Waals surface area (Å²) in [5.74, 6) is -1.19. The first-order chi connectivity index (χ1) is 19.4. The van der Waals surface area contributed by atoms with Crippen LogP contribution in [0.4, 0.5) is 17.6 Å². The lowest BCUT2D eigenvalue weighted by atomic mass is 9.70. The predicted octanol–water partition coefficient (Wildman–Crippen LogP) is 11.1. The van der Waals surface area contributed by atoms with E-state index in [4.69, 9.17) is 0 Å². The Hall–Kier alpha value is -3.14. The molecule has 1 fully saturated rings. The zero-order valence-electron chi connectivity index (χ0n) is 23.5. The van der Waals surface area contributed by atoms with Gasteiger partial charge in [-0.1, -0.05) is 92.9 Å². The smallest absolute Gasteiger partial charge is 0.167 e. The predicted molar refractivity (Wildman–Crippen MR) is 157 cm³/mol. The number of halogens is 4. The second-order valence-corrected chi connectivity index (χ2v) is 11.5. The molecule has 1 saturated carbocycles. The lowest BCUT2D eigenvalue weighted by molar-refractivity contribution is 0.192. The minimum Gasteiger partial charge on any atom is -0.203 e. The van der Waals surface area contributed by atoms with Crippen LogP contribution in [0.1, 0.15) is 76.3 Å². The summed E-state index contributed by atoms with van der Waals surface area (Å²) in [6, 6.07) is 12.9. The number of hydrogen-bond acceptors (Lipinski definition) is 0. The van der Waals surface area contributed by atoms with E-state index >= 15 is 8.78 Å². The Labute approximate surface area is 235 Å². The van der Waals surface area contributed by atoms with Gasteiger partial charge in [-0.3, -0.25) is 0 Å². The monoisotopic (exact) mass is 546 g/mol. The fourth-order valence-electron chi connectivity index (χ4n) is 6.66. The van der Waals surface area contributed by atoms with Gasteiger partial charge < -0.3 is 0 Å². The molecule has 0 bridgehead atoms. The Kier molecular flexibility index (Phi) is 8.93. The molecule has 0 nitrogen and oxygen atoms in total.